The average molecular weight is 821 g/mol. The van der Waals surface area contributed by atoms with E-state index in [4.69, 9.17) is 15.3 Å². The molecule has 0 bridgehead atoms. The monoisotopic (exact) mass is 821 g/mol. The smallest absolute Gasteiger partial charge is 0.324 e. The molecule has 0 rings (SSSR count). The lowest BCUT2D eigenvalue weighted by atomic mass is 9.72. The van der Waals surface area contributed by atoms with Gasteiger partial charge in [-0.15, -0.1) is 0 Å². The van der Waals surface area contributed by atoms with Crippen molar-refractivity contribution in [2.24, 2.45) is 5.41 Å². The number of allylic oxidation sites excluding steroid dienone is 4. The van der Waals surface area contributed by atoms with Gasteiger partial charge in [0.15, 0.2) is 17.0 Å². The SMILES string of the molecule is CCCCCCCC/C=C\CCCCCCCC(=O)C(CCCC(=O)O)(C(=O)O)C(=O)CCCCCCC/C=C\CCCCCCCC.O=C(O)CCCCC(=O)O. The van der Waals surface area contributed by atoms with Gasteiger partial charge in [0, 0.05) is 32.1 Å². The second-order valence-corrected chi connectivity index (χ2v) is 16.0. The standard InChI is InChI=1S/C42H74O6.C6H10O4/c1-3-5-7-9-11-13-15-17-19-21-23-25-27-29-31-34-38(43)42(41(47)48,37-33-36-40(45)46)39(44)35-32-30-28-26-24-22-20-18-16-14-12-10-8-6-4-2;7-5(8)3-1-2-4-6(9)10/h17-20H,3-16,21-37H2,1-2H3,(H,45,46)(H,47,48);1-4H2,(H,7,8)(H,9,10)/b19-17-,20-18-;. The lowest BCUT2D eigenvalue weighted by molar-refractivity contribution is -0.161. The third-order valence-electron chi connectivity index (χ3n) is 10.6. The maximum Gasteiger partial charge on any atom is 0.324 e. The molecule has 4 N–H and O–H groups in total. The summed E-state index contributed by atoms with van der Waals surface area (Å²) >= 11 is 0. The number of carboxylic acids is 4. The molecular weight excluding hydrogens is 737 g/mol. The van der Waals surface area contributed by atoms with Crippen LogP contribution in [0.15, 0.2) is 24.3 Å². The molecule has 0 aromatic rings. The van der Waals surface area contributed by atoms with Crippen molar-refractivity contribution in [1.29, 1.82) is 0 Å². The van der Waals surface area contributed by atoms with Gasteiger partial charge >= 0.3 is 23.9 Å². The number of carbonyl (C=O) groups excluding carboxylic acids is 2. The van der Waals surface area contributed by atoms with Gasteiger partial charge in [-0.1, -0.05) is 141 Å². The Labute approximate surface area is 352 Å². The number of aliphatic carboxylic acids is 4. The highest BCUT2D eigenvalue weighted by atomic mass is 16.4. The number of rotatable bonds is 42. The highest BCUT2D eigenvalue weighted by Gasteiger charge is 2.50. The van der Waals surface area contributed by atoms with Gasteiger partial charge in [0.25, 0.3) is 0 Å². The van der Waals surface area contributed by atoms with Crippen LogP contribution in [-0.4, -0.2) is 55.9 Å². The third-order valence-corrected chi connectivity index (χ3v) is 10.6. The largest absolute Gasteiger partial charge is 0.481 e. The third kappa shape index (κ3) is 35.8. The zero-order chi connectivity index (χ0) is 43.5. The Kier molecular flexibility index (Phi) is 41.0. The first-order chi connectivity index (χ1) is 27.9. The molecule has 0 unspecified atom stereocenters. The van der Waals surface area contributed by atoms with Crippen LogP contribution in [0.4, 0.5) is 0 Å². The summed E-state index contributed by atoms with van der Waals surface area (Å²) in [6.07, 6.45) is 39.0. The van der Waals surface area contributed by atoms with Crippen LogP contribution in [0.3, 0.4) is 0 Å². The number of hydrogen-bond donors (Lipinski definition) is 4. The van der Waals surface area contributed by atoms with Crippen LogP contribution in [-0.2, 0) is 28.8 Å². The van der Waals surface area contributed by atoms with Crippen LogP contribution in [0.5, 0.6) is 0 Å². The first-order valence-electron chi connectivity index (χ1n) is 23.2. The van der Waals surface area contributed by atoms with Gasteiger partial charge in [0.1, 0.15) is 0 Å². The molecule has 0 saturated heterocycles. The molecule has 0 amide bonds. The molecule has 0 fully saturated rings. The van der Waals surface area contributed by atoms with E-state index in [-0.39, 0.29) is 44.9 Å². The summed E-state index contributed by atoms with van der Waals surface area (Å²) in [7, 11) is 0. The minimum Gasteiger partial charge on any atom is -0.481 e. The Morgan fingerprint density at radius 2 is 0.603 bits per heavy atom. The van der Waals surface area contributed by atoms with Gasteiger partial charge in [-0.3, -0.25) is 28.8 Å². The summed E-state index contributed by atoms with van der Waals surface area (Å²) in [5, 5.41) is 35.5. The molecule has 10 nitrogen and oxygen atoms in total. The Bertz CT molecular complexity index is 1060. The minimum absolute atomic E-state index is 0.00212. The molecule has 58 heavy (non-hydrogen) atoms. The highest BCUT2D eigenvalue weighted by molar-refractivity contribution is 6.21. The van der Waals surface area contributed by atoms with Gasteiger partial charge in [-0.25, -0.2) is 0 Å². The molecule has 0 aliphatic carbocycles. The van der Waals surface area contributed by atoms with Crippen LogP contribution in [0.2, 0.25) is 0 Å². The van der Waals surface area contributed by atoms with Crippen molar-refractivity contribution in [3.8, 4) is 0 Å². The van der Waals surface area contributed by atoms with Crippen LogP contribution >= 0.6 is 0 Å². The van der Waals surface area contributed by atoms with Crippen LogP contribution in [0, 0.1) is 5.41 Å². The second kappa shape index (κ2) is 41.8. The average Bonchev–Trinajstić information content (AvgIpc) is 3.17. The molecule has 0 heterocycles. The van der Waals surface area contributed by atoms with Crippen molar-refractivity contribution in [2.75, 3.05) is 0 Å². The van der Waals surface area contributed by atoms with Crippen LogP contribution in [0.25, 0.3) is 0 Å². The number of unbranched alkanes of at least 4 members (excludes halogenated alkanes) is 23. The van der Waals surface area contributed by atoms with Crippen molar-refractivity contribution in [3.05, 3.63) is 24.3 Å². The van der Waals surface area contributed by atoms with Crippen molar-refractivity contribution in [1.82, 2.24) is 0 Å². The molecule has 0 radical (unpaired) electrons. The number of carbonyl (C=O) groups is 6. The minimum atomic E-state index is -2.11. The van der Waals surface area contributed by atoms with E-state index in [1.54, 1.807) is 0 Å². The molecule has 0 aliphatic rings. The molecule has 0 aliphatic heterocycles. The summed E-state index contributed by atoms with van der Waals surface area (Å²) in [5.41, 5.74) is -2.11. The number of Topliss-reactive ketones (excluding diaryl/α,β-unsaturated/α-hetero) is 2. The summed E-state index contributed by atoms with van der Waals surface area (Å²) in [6, 6.07) is 0. The summed E-state index contributed by atoms with van der Waals surface area (Å²) in [5.74, 6) is -5.30. The molecule has 336 valence electrons. The van der Waals surface area contributed by atoms with Crippen molar-refractivity contribution in [2.45, 2.75) is 239 Å². The van der Waals surface area contributed by atoms with E-state index < -0.39 is 40.9 Å². The maximum absolute atomic E-state index is 13.4. The Balaban J connectivity index is 0. The van der Waals surface area contributed by atoms with Crippen molar-refractivity contribution < 1.29 is 49.2 Å². The fourth-order valence-corrected chi connectivity index (χ4v) is 6.98. The number of ketones is 2. The van der Waals surface area contributed by atoms with Gasteiger partial charge in [-0.2, -0.15) is 0 Å². The number of hydrogen-bond acceptors (Lipinski definition) is 6. The molecule has 0 spiro atoms. The fourth-order valence-electron chi connectivity index (χ4n) is 6.98. The molecular formula is C48H84O10. The lowest BCUT2D eigenvalue weighted by Crippen LogP contribution is -2.46. The van der Waals surface area contributed by atoms with Gasteiger partial charge in [0.2, 0.25) is 0 Å². The quantitative estimate of drug-likeness (QED) is 0.0262. The summed E-state index contributed by atoms with van der Waals surface area (Å²) in [4.78, 5) is 70.1. The van der Waals surface area contributed by atoms with E-state index in [2.05, 4.69) is 38.2 Å². The Morgan fingerprint density at radius 1 is 0.345 bits per heavy atom. The van der Waals surface area contributed by atoms with Gasteiger partial charge in [0.05, 0.1) is 0 Å². The summed E-state index contributed by atoms with van der Waals surface area (Å²) in [6.45, 7) is 4.48. The fraction of sp³-hybridized carbons (Fsp3) is 0.792. The van der Waals surface area contributed by atoms with E-state index in [9.17, 15) is 33.9 Å². The van der Waals surface area contributed by atoms with E-state index in [1.807, 2.05) is 0 Å². The van der Waals surface area contributed by atoms with E-state index in [1.165, 1.54) is 77.0 Å². The van der Waals surface area contributed by atoms with Crippen LogP contribution in [0.1, 0.15) is 239 Å². The zero-order valence-corrected chi connectivity index (χ0v) is 36.8. The number of carboxylic acid groups (broad SMARTS) is 4. The normalized spacial score (nSPS) is 11.5. The van der Waals surface area contributed by atoms with Crippen molar-refractivity contribution in [3.63, 3.8) is 0 Å². The molecule has 0 atom stereocenters. The van der Waals surface area contributed by atoms with Crippen molar-refractivity contribution >= 4 is 35.4 Å². The lowest BCUT2D eigenvalue weighted by Gasteiger charge is -2.27. The predicted octanol–water partition coefficient (Wildman–Crippen LogP) is 13.2. The molecule has 0 aromatic carbocycles. The molecule has 0 saturated carbocycles. The van der Waals surface area contributed by atoms with E-state index in [0.717, 1.165) is 77.0 Å². The highest BCUT2D eigenvalue weighted by Crippen LogP contribution is 2.33. The first kappa shape index (κ1) is 56.8. The van der Waals surface area contributed by atoms with Gasteiger partial charge < -0.3 is 20.4 Å². The Hall–Kier alpha value is -3.30. The van der Waals surface area contributed by atoms with Crippen LogP contribution < -0.4 is 0 Å². The maximum atomic E-state index is 13.4. The molecule has 10 heteroatoms. The first-order valence-corrected chi connectivity index (χ1v) is 23.2. The zero-order valence-electron chi connectivity index (χ0n) is 36.8. The second-order valence-electron chi connectivity index (χ2n) is 16.0. The topological polar surface area (TPSA) is 183 Å². The summed E-state index contributed by atoms with van der Waals surface area (Å²) < 4.78 is 0. The Morgan fingerprint density at radius 3 is 0.897 bits per heavy atom. The molecule has 0 aromatic heterocycles. The van der Waals surface area contributed by atoms with E-state index >= 15 is 0 Å². The predicted molar refractivity (Wildman–Crippen MR) is 234 cm³/mol. The van der Waals surface area contributed by atoms with E-state index in [0.29, 0.717) is 25.7 Å². The van der Waals surface area contributed by atoms with Gasteiger partial charge in [-0.05, 0) is 89.9 Å².